The summed E-state index contributed by atoms with van der Waals surface area (Å²) in [6.07, 6.45) is 1.58. The van der Waals surface area contributed by atoms with Crippen LogP contribution in [0.5, 0.6) is 0 Å². The van der Waals surface area contributed by atoms with Crippen LogP contribution >= 0.6 is 0 Å². The van der Waals surface area contributed by atoms with Gasteiger partial charge in [0.05, 0.1) is 11.3 Å². The fraction of sp³-hybridized carbons (Fsp3) is 0.167. The zero-order valence-electron chi connectivity index (χ0n) is 9.24. The van der Waals surface area contributed by atoms with Gasteiger partial charge < -0.3 is 5.10 Å². The standard InChI is InChI=1S/C12H13N3O/c1-8-3-5-10(6-4-8)13-7-11-9(2)14-15-12(11)16/h3-7H,1-2H3,(H2,14,15,16). The van der Waals surface area contributed by atoms with E-state index in [9.17, 15) is 4.79 Å². The third kappa shape index (κ3) is 2.11. The molecule has 1 aromatic carbocycles. The molecule has 0 saturated heterocycles. The van der Waals surface area contributed by atoms with Gasteiger partial charge in [-0.1, -0.05) is 17.7 Å². The molecule has 0 fully saturated rings. The third-order valence-corrected chi connectivity index (χ3v) is 2.39. The number of H-pyrrole nitrogens is 2. The van der Waals surface area contributed by atoms with Crippen molar-refractivity contribution in [2.45, 2.75) is 13.8 Å². The lowest BCUT2D eigenvalue weighted by Gasteiger charge is -1.93. The molecule has 16 heavy (non-hydrogen) atoms. The first-order valence-corrected chi connectivity index (χ1v) is 5.05. The van der Waals surface area contributed by atoms with E-state index in [4.69, 9.17) is 0 Å². The Hall–Kier alpha value is -2.10. The van der Waals surface area contributed by atoms with Gasteiger partial charge in [-0.2, -0.15) is 0 Å². The van der Waals surface area contributed by atoms with E-state index in [0.717, 1.165) is 11.4 Å². The number of hydrogen-bond donors (Lipinski definition) is 2. The second-order valence-electron chi connectivity index (χ2n) is 3.71. The van der Waals surface area contributed by atoms with Crippen LogP contribution in [-0.2, 0) is 0 Å². The molecule has 0 aliphatic carbocycles. The number of aromatic nitrogens is 2. The summed E-state index contributed by atoms with van der Waals surface area (Å²) < 4.78 is 0. The smallest absolute Gasteiger partial charge is 0.272 e. The summed E-state index contributed by atoms with van der Waals surface area (Å²) in [5, 5.41) is 5.26. The highest BCUT2D eigenvalue weighted by Crippen LogP contribution is 2.12. The molecule has 0 radical (unpaired) electrons. The van der Waals surface area contributed by atoms with Crippen molar-refractivity contribution in [3.63, 3.8) is 0 Å². The average Bonchev–Trinajstić information content (AvgIpc) is 2.59. The fourth-order valence-corrected chi connectivity index (χ4v) is 1.38. The third-order valence-electron chi connectivity index (χ3n) is 2.39. The van der Waals surface area contributed by atoms with Crippen LogP contribution in [0.25, 0.3) is 0 Å². The van der Waals surface area contributed by atoms with E-state index in [-0.39, 0.29) is 5.56 Å². The highest BCUT2D eigenvalue weighted by atomic mass is 16.1. The average molecular weight is 215 g/mol. The Morgan fingerprint density at radius 2 is 1.81 bits per heavy atom. The molecule has 0 atom stereocenters. The Morgan fingerprint density at radius 3 is 2.38 bits per heavy atom. The van der Waals surface area contributed by atoms with Crippen LogP contribution in [-0.4, -0.2) is 16.4 Å². The summed E-state index contributed by atoms with van der Waals surface area (Å²) in [7, 11) is 0. The van der Waals surface area contributed by atoms with E-state index in [1.165, 1.54) is 5.56 Å². The van der Waals surface area contributed by atoms with Crippen molar-refractivity contribution in [1.29, 1.82) is 0 Å². The van der Waals surface area contributed by atoms with Gasteiger partial charge in [0.1, 0.15) is 0 Å². The SMILES string of the molecule is Cc1ccc(N=Cc2c(C)[nH][nH]c2=O)cc1. The number of nitrogens with zero attached hydrogens (tertiary/aromatic N) is 1. The lowest BCUT2D eigenvalue weighted by Crippen LogP contribution is -2.04. The highest BCUT2D eigenvalue weighted by molar-refractivity contribution is 5.82. The first-order valence-electron chi connectivity index (χ1n) is 5.05. The minimum absolute atomic E-state index is 0.145. The fourth-order valence-electron chi connectivity index (χ4n) is 1.38. The Labute approximate surface area is 93.0 Å². The largest absolute Gasteiger partial charge is 0.302 e. The van der Waals surface area contributed by atoms with E-state index in [2.05, 4.69) is 15.2 Å². The van der Waals surface area contributed by atoms with E-state index in [1.807, 2.05) is 38.1 Å². The quantitative estimate of drug-likeness (QED) is 0.740. The molecule has 2 rings (SSSR count). The predicted octanol–water partition coefficient (Wildman–Crippen LogP) is 2.07. The lowest BCUT2D eigenvalue weighted by molar-refractivity contribution is 1.02. The molecule has 0 unspecified atom stereocenters. The van der Waals surface area contributed by atoms with Crippen LogP contribution in [0.1, 0.15) is 16.8 Å². The van der Waals surface area contributed by atoms with Crippen LogP contribution in [0.3, 0.4) is 0 Å². The van der Waals surface area contributed by atoms with Gasteiger partial charge in [0.2, 0.25) is 0 Å². The summed E-state index contributed by atoms with van der Waals surface area (Å²) in [6.45, 7) is 3.85. The minimum atomic E-state index is -0.145. The zero-order chi connectivity index (χ0) is 11.5. The summed E-state index contributed by atoms with van der Waals surface area (Å²) in [5.74, 6) is 0. The van der Waals surface area contributed by atoms with Gasteiger partial charge in [0, 0.05) is 11.9 Å². The van der Waals surface area contributed by atoms with E-state index in [1.54, 1.807) is 6.21 Å². The van der Waals surface area contributed by atoms with Gasteiger partial charge in [-0.05, 0) is 26.0 Å². The molecule has 82 valence electrons. The summed E-state index contributed by atoms with van der Waals surface area (Å²) >= 11 is 0. The molecule has 0 aliphatic heterocycles. The van der Waals surface area contributed by atoms with Crippen molar-refractivity contribution in [3.05, 3.63) is 51.4 Å². The van der Waals surface area contributed by atoms with Gasteiger partial charge in [-0.15, -0.1) is 0 Å². The lowest BCUT2D eigenvalue weighted by atomic mass is 10.2. The second-order valence-corrected chi connectivity index (χ2v) is 3.71. The maximum Gasteiger partial charge on any atom is 0.272 e. The molecular weight excluding hydrogens is 202 g/mol. The summed E-state index contributed by atoms with van der Waals surface area (Å²) in [6, 6.07) is 7.81. The summed E-state index contributed by atoms with van der Waals surface area (Å²) in [5.41, 5.74) is 3.25. The van der Waals surface area contributed by atoms with Gasteiger partial charge in [-0.3, -0.25) is 14.9 Å². The number of rotatable bonds is 2. The van der Waals surface area contributed by atoms with Crippen molar-refractivity contribution in [3.8, 4) is 0 Å². The minimum Gasteiger partial charge on any atom is -0.302 e. The number of aryl methyl sites for hydroxylation is 2. The van der Waals surface area contributed by atoms with Gasteiger partial charge in [-0.25, -0.2) is 0 Å². The first-order chi connectivity index (χ1) is 7.66. The topological polar surface area (TPSA) is 61.0 Å². The molecule has 1 aromatic heterocycles. The first kappa shape index (κ1) is 10.4. The van der Waals surface area contributed by atoms with Crippen LogP contribution in [0.2, 0.25) is 0 Å². The van der Waals surface area contributed by atoms with Crippen molar-refractivity contribution in [2.75, 3.05) is 0 Å². The van der Waals surface area contributed by atoms with Crippen LogP contribution in [0.15, 0.2) is 34.1 Å². The van der Waals surface area contributed by atoms with Crippen LogP contribution in [0.4, 0.5) is 5.69 Å². The van der Waals surface area contributed by atoms with Crippen molar-refractivity contribution in [2.24, 2.45) is 4.99 Å². The second kappa shape index (κ2) is 4.18. The van der Waals surface area contributed by atoms with Crippen LogP contribution in [0, 0.1) is 13.8 Å². The molecule has 0 bridgehead atoms. The number of benzene rings is 1. The van der Waals surface area contributed by atoms with Crippen molar-refractivity contribution >= 4 is 11.9 Å². The normalized spacial score (nSPS) is 11.1. The Bertz CT molecular complexity index is 561. The highest BCUT2D eigenvalue weighted by Gasteiger charge is 2.01. The molecule has 1 heterocycles. The monoisotopic (exact) mass is 215 g/mol. The Morgan fingerprint density at radius 1 is 1.12 bits per heavy atom. The molecule has 2 aromatic rings. The maximum absolute atomic E-state index is 11.3. The van der Waals surface area contributed by atoms with Crippen molar-refractivity contribution < 1.29 is 0 Å². The number of aromatic amines is 2. The van der Waals surface area contributed by atoms with Gasteiger partial charge in [0.25, 0.3) is 5.56 Å². The Balaban J connectivity index is 2.28. The zero-order valence-corrected chi connectivity index (χ0v) is 9.24. The van der Waals surface area contributed by atoms with Crippen molar-refractivity contribution in [1.82, 2.24) is 10.2 Å². The van der Waals surface area contributed by atoms with Crippen LogP contribution < -0.4 is 5.56 Å². The van der Waals surface area contributed by atoms with E-state index >= 15 is 0 Å². The molecule has 0 spiro atoms. The van der Waals surface area contributed by atoms with E-state index in [0.29, 0.717) is 5.56 Å². The number of nitrogens with one attached hydrogen (secondary N) is 2. The number of hydrogen-bond acceptors (Lipinski definition) is 2. The maximum atomic E-state index is 11.3. The molecule has 0 aliphatic rings. The molecule has 0 amide bonds. The molecule has 0 saturated carbocycles. The molecule has 2 N–H and O–H groups in total. The molecule has 4 heteroatoms. The summed E-state index contributed by atoms with van der Waals surface area (Å²) in [4.78, 5) is 15.6. The van der Waals surface area contributed by atoms with Gasteiger partial charge in [0.15, 0.2) is 0 Å². The Kier molecular flexibility index (Phi) is 2.72. The molecule has 4 nitrogen and oxygen atoms in total. The number of aliphatic imine (C=N–C) groups is 1. The van der Waals surface area contributed by atoms with E-state index < -0.39 is 0 Å². The molecular formula is C12H13N3O. The van der Waals surface area contributed by atoms with Gasteiger partial charge >= 0.3 is 0 Å². The predicted molar refractivity (Wildman–Crippen MR) is 64.6 cm³/mol.